The molecule has 2 aromatic rings. The van der Waals surface area contributed by atoms with E-state index in [4.69, 9.17) is 14.2 Å². The topological polar surface area (TPSA) is 65.1 Å². The molecule has 0 aliphatic rings. The average Bonchev–Trinajstić information content (AvgIpc) is 2.79. The minimum Gasteiger partial charge on any atom is -0.490 e. The Morgan fingerprint density at radius 2 is 1.67 bits per heavy atom. The highest BCUT2D eigenvalue weighted by molar-refractivity contribution is 5.98. The molecule has 6 nitrogen and oxygen atoms in total. The normalized spacial score (nSPS) is 12.2. The monoisotopic (exact) mass is 455 g/mol. The van der Waals surface area contributed by atoms with Crippen LogP contribution in [0.25, 0.3) is 0 Å². The summed E-state index contributed by atoms with van der Waals surface area (Å²) in [6.45, 7) is 8.65. The number of aryl methyl sites for hydroxylation is 1. The lowest BCUT2D eigenvalue weighted by Gasteiger charge is -2.29. The van der Waals surface area contributed by atoms with Gasteiger partial charge in [-0.05, 0) is 51.3 Å². The average molecular weight is 456 g/mol. The van der Waals surface area contributed by atoms with Crippen LogP contribution in [-0.2, 0) is 15.9 Å². The highest BCUT2D eigenvalue weighted by Crippen LogP contribution is 2.21. The first kappa shape index (κ1) is 26.4. The largest absolute Gasteiger partial charge is 0.490 e. The third kappa shape index (κ3) is 9.26. The molecule has 0 spiro atoms. The predicted molar refractivity (Wildman–Crippen MR) is 130 cm³/mol. The van der Waals surface area contributed by atoms with Crippen molar-refractivity contribution in [1.29, 1.82) is 0 Å². The first-order valence-corrected chi connectivity index (χ1v) is 11.5. The second-order valence-corrected chi connectivity index (χ2v) is 9.00. The van der Waals surface area contributed by atoms with Gasteiger partial charge in [0.05, 0.1) is 12.1 Å². The van der Waals surface area contributed by atoms with E-state index in [1.807, 2.05) is 70.2 Å². The third-order valence-electron chi connectivity index (χ3n) is 5.00. The lowest BCUT2D eigenvalue weighted by atomic mass is 10.0. The molecule has 0 fully saturated rings. The molecule has 0 bridgehead atoms. The number of Topliss-reactive ketones (excluding diaryl/α,β-unsaturated/α-hetero) is 1. The minimum absolute atomic E-state index is 0.0322. The number of ether oxygens (including phenoxy) is 3. The van der Waals surface area contributed by atoms with Crippen LogP contribution in [0.4, 0.5) is 4.79 Å². The molecule has 1 atom stereocenters. The predicted octanol–water partition coefficient (Wildman–Crippen LogP) is 5.54. The molecule has 180 valence electrons. The van der Waals surface area contributed by atoms with Crippen molar-refractivity contribution >= 4 is 11.9 Å². The number of ketones is 1. The molecule has 0 aliphatic carbocycles. The zero-order chi connectivity index (χ0) is 24.3. The lowest BCUT2D eigenvalue weighted by molar-refractivity contribution is -0.00133. The van der Waals surface area contributed by atoms with Crippen molar-refractivity contribution in [2.75, 3.05) is 26.8 Å². The van der Waals surface area contributed by atoms with Crippen LogP contribution in [0.1, 0.15) is 56.5 Å². The van der Waals surface area contributed by atoms with Crippen LogP contribution in [0, 0.1) is 0 Å². The van der Waals surface area contributed by atoms with Crippen LogP contribution < -0.4 is 4.74 Å². The fourth-order valence-corrected chi connectivity index (χ4v) is 3.34. The SMILES string of the molecule is CCCN(CC(COc1ccccc1C(=O)CCc1ccccc1)OC)C(=O)OC(C)(C)C. The van der Waals surface area contributed by atoms with E-state index in [0.29, 0.717) is 37.2 Å². The first-order valence-electron chi connectivity index (χ1n) is 11.5. The van der Waals surface area contributed by atoms with Gasteiger partial charge in [0.15, 0.2) is 5.78 Å². The second-order valence-electron chi connectivity index (χ2n) is 9.00. The summed E-state index contributed by atoms with van der Waals surface area (Å²) in [7, 11) is 1.59. The molecular weight excluding hydrogens is 418 g/mol. The number of rotatable bonds is 12. The van der Waals surface area contributed by atoms with Crippen LogP contribution in [0.3, 0.4) is 0 Å². The van der Waals surface area contributed by atoms with Gasteiger partial charge < -0.3 is 19.1 Å². The lowest BCUT2D eigenvalue weighted by Crippen LogP contribution is -2.43. The van der Waals surface area contributed by atoms with E-state index in [9.17, 15) is 9.59 Å². The van der Waals surface area contributed by atoms with E-state index in [-0.39, 0.29) is 24.6 Å². The number of para-hydroxylation sites is 1. The van der Waals surface area contributed by atoms with Crippen LogP contribution >= 0.6 is 0 Å². The summed E-state index contributed by atoms with van der Waals surface area (Å²) in [5.41, 5.74) is 1.11. The summed E-state index contributed by atoms with van der Waals surface area (Å²) >= 11 is 0. The Hall–Kier alpha value is -2.86. The number of methoxy groups -OCH3 is 1. The molecule has 6 heteroatoms. The van der Waals surface area contributed by atoms with Crippen molar-refractivity contribution in [3.05, 3.63) is 65.7 Å². The maximum Gasteiger partial charge on any atom is 0.410 e. The number of hydrogen-bond donors (Lipinski definition) is 0. The Morgan fingerprint density at radius 3 is 2.30 bits per heavy atom. The van der Waals surface area contributed by atoms with Gasteiger partial charge in [0.25, 0.3) is 0 Å². The Balaban J connectivity index is 2.00. The minimum atomic E-state index is -0.568. The van der Waals surface area contributed by atoms with Crippen LogP contribution in [0.5, 0.6) is 5.75 Å². The van der Waals surface area contributed by atoms with E-state index in [0.717, 1.165) is 12.0 Å². The molecule has 0 aromatic heterocycles. The van der Waals surface area contributed by atoms with Crippen LogP contribution in [0.2, 0.25) is 0 Å². The van der Waals surface area contributed by atoms with Gasteiger partial charge in [-0.1, -0.05) is 49.4 Å². The number of nitrogens with zero attached hydrogens (tertiary/aromatic N) is 1. The Bertz CT molecular complexity index is 876. The number of amides is 1. The van der Waals surface area contributed by atoms with Gasteiger partial charge in [-0.15, -0.1) is 0 Å². The number of carbonyl (C=O) groups excluding carboxylic acids is 2. The molecule has 2 aromatic carbocycles. The molecule has 0 heterocycles. The summed E-state index contributed by atoms with van der Waals surface area (Å²) in [6, 6.07) is 17.2. The molecule has 1 unspecified atom stereocenters. The van der Waals surface area contributed by atoms with Gasteiger partial charge >= 0.3 is 6.09 Å². The molecule has 0 saturated carbocycles. The molecule has 1 amide bonds. The zero-order valence-electron chi connectivity index (χ0n) is 20.5. The van der Waals surface area contributed by atoms with Gasteiger partial charge in [0.1, 0.15) is 24.1 Å². The standard InChI is InChI=1S/C27H37NO5/c1-6-18-28(26(30)33-27(2,3)4)19-22(31-5)20-32-25-15-11-10-14-23(25)24(29)17-16-21-12-8-7-9-13-21/h7-15,22H,6,16-20H2,1-5H3. The van der Waals surface area contributed by atoms with Gasteiger partial charge in [0, 0.05) is 20.1 Å². The van der Waals surface area contributed by atoms with Crippen molar-refractivity contribution in [1.82, 2.24) is 4.90 Å². The fraction of sp³-hybridized carbons (Fsp3) is 0.481. The maximum absolute atomic E-state index is 12.9. The highest BCUT2D eigenvalue weighted by atomic mass is 16.6. The smallest absolute Gasteiger partial charge is 0.410 e. The third-order valence-corrected chi connectivity index (χ3v) is 5.00. The summed E-state index contributed by atoms with van der Waals surface area (Å²) in [5.74, 6) is 0.557. The Kier molecular flexibility index (Phi) is 10.4. The van der Waals surface area contributed by atoms with E-state index in [1.165, 1.54) is 0 Å². The summed E-state index contributed by atoms with van der Waals surface area (Å²) < 4.78 is 17.1. The Labute approximate surface area is 197 Å². The summed E-state index contributed by atoms with van der Waals surface area (Å²) in [4.78, 5) is 27.1. The van der Waals surface area contributed by atoms with Crippen molar-refractivity contribution in [2.45, 2.75) is 58.7 Å². The molecule has 2 rings (SSSR count). The second kappa shape index (κ2) is 13.0. The van der Waals surface area contributed by atoms with Crippen molar-refractivity contribution in [2.24, 2.45) is 0 Å². The zero-order valence-corrected chi connectivity index (χ0v) is 20.5. The van der Waals surface area contributed by atoms with Crippen LogP contribution in [-0.4, -0.2) is 55.3 Å². The highest BCUT2D eigenvalue weighted by Gasteiger charge is 2.25. The molecule has 0 aliphatic heterocycles. The number of carbonyl (C=O) groups is 2. The van der Waals surface area contributed by atoms with Crippen molar-refractivity contribution < 1.29 is 23.8 Å². The molecule has 0 saturated heterocycles. The summed E-state index contributed by atoms with van der Waals surface area (Å²) in [6.07, 6.45) is 1.15. The van der Waals surface area contributed by atoms with Crippen molar-refractivity contribution in [3.63, 3.8) is 0 Å². The van der Waals surface area contributed by atoms with E-state index in [1.54, 1.807) is 24.1 Å². The Morgan fingerprint density at radius 1 is 1.00 bits per heavy atom. The van der Waals surface area contributed by atoms with Gasteiger partial charge in [0.2, 0.25) is 0 Å². The van der Waals surface area contributed by atoms with Gasteiger partial charge in [-0.3, -0.25) is 4.79 Å². The van der Waals surface area contributed by atoms with Gasteiger partial charge in [-0.2, -0.15) is 0 Å². The molecule has 0 radical (unpaired) electrons. The molecule has 0 N–H and O–H groups in total. The fourth-order valence-electron chi connectivity index (χ4n) is 3.34. The quantitative estimate of drug-likeness (QED) is 0.393. The van der Waals surface area contributed by atoms with Crippen LogP contribution in [0.15, 0.2) is 54.6 Å². The molecular formula is C27H37NO5. The number of benzene rings is 2. The van der Waals surface area contributed by atoms with E-state index >= 15 is 0 Å². The van der Waals surface area contributed by atoms with E-state index in [2.05, 4.69) is 0 Å². The maximum atomic E-state index is 12.9. The molecule has 33 heavy (non-hydrogen) atoms. The first-order chi connectivity index (χ1) is 15.7. The summed E-state index contributed by atoms with van der Waals surface area (Å²) in [5, 5.41) is 0. The van der Waals surface area contributed by atoms with Gasteiger partial charge in [-0.25, -0.2) is 4.79 Å². The van der Waals surface area contributed by atoms with Crippen molar-refractivity contribution in [3.8, 4) is 5.75 Å². The number of hydrogen-bond acceptors (Lipinski definition) is 5. The van der Waals surface area contributed by atoms with E-state index < -0.39 is 5.60 Å².